The lowest BCUT2D eigenvalue weighted by atomic mass is 9.81. The molecule has 3 rings (SSSR count). The number of carbonyl (C=O) groups is 1. The number of benzene rings is 1. The molecule has 1 saturated carbocycles. The lowest BCUT2D eigenvalue weighted by Gasteiger charge is -2.36. The van der Waals surface area contributed by atoms with Crippen LogP contribution in [0.3, 0.4) is 0 Å². The molecular weight excluding hydrogens is 340 g/mol. The first-order valence-electron chi connectivity index (χ1n) is 8.68. The van der Waals surface area contributed by atoms with Crippen molar-refractivity contribution in [2.75, 3.05) is 6.54 Å². The number of carbonyl (C=O) groups excluding carboxylic acids is 1. The van der Waals surface area contributed by atoms with Crippen LogP contribution in [0.25, 0.3) is 5.69 Å². The number of hydrogen-bond acceptors (Lipinski definition) is 4. The van der Waals surface area contributed by atoms with Gasteiger partial charge in [-0.05, 0) is 54.8 Å². The first-order valence-corrected chi connectivity index (χ1v) is 9.05. The van der Waals surface area contributed by atoms with Gasteiger partial charge in [0, 0.05) is 11.6 Å². The highest BCUT2D eigenvalue weighted by Gasteiger charge is 2.40. The van der Waals surface area contributed by atoms with Gasteiger partial charge in [-0.3, -0.25) is 0 Å². The molecule has 1 heterocycles. The number of rotatable bonds is 4. The smallest absolute Gasteiger partial charge is 0.315 e. The summed E-state index contributed by atoms with van der Waals surface area (Å²) >= 11 is 6.27. The van der Waals surface area contributed by atoms with Crippen molar-refractivity contribution < 1.29 is 4.79 Å². The van der Waals surface area contributed by atoms with Crippen LogP contribution < -0.4 is 10.6 Å². The van der Waals surface area contributed by atoms with Gasteiger partial charge in [-0.15, -0.1) is 5.10 Å². The molecule has 2 N–H and O–H groups in total. The van der Waals surface area contributed by atoms with Crippen LogP contribution in [0.5, 0.6) is 0 Å². The highest BCUT2D eigenvalue weighted by molar-refractivity contribution is 6.31. The summed E-state index contributed by atoms with van der Waals surface area (Å²) in [6.07, 6.45) is 4.81. The lowest BCUT2D eigenvalue weighted by Crippen LogP contribution is -2.52. The van der Waals surface area contributed by atoms with E-state index < -0.39 is 5.54 Å². The number of nitrogens with one attached hydrogen (secondary N) is 2. The third-order valence-electron chi connectivity index (χ3n) is 4.76. The monoisotopic (exact) mass is 362 g/mol. The fourth-order valence-electron chi connectivity index (χ4n) is 3.46. The summed E-state index contributed by atoms with van der Waals surface area (Å²) in [5, 5.41) is 19.0. The Morgan fingerprint density at radius 1 is 1.32 bits per heavy atom. The molecule has 0 radical (unpaired) electrons. The standard InChI is InChI=1S/C17H23ClN6O/c1-3-19-16(25)20-17(10-5-4-6-11-17)15-21-22-23-24(15)14-9-7-8-13(18)12(14)2/h7-9H,3-6,10-11H2,1-2H3,(H2,19,20,25). The van der Waals surface area contributed by atoms with Crippen LogP contribution in [0.15, 0.2) is 18.2 Å². The molecule has 134 valence electrons. The summed E-state index contributed by atoms with van der Waals surface area (Å²) < 4.78 is 1.71. The van der Waals surface area contributed by atoms with E-state index in [0.29, 0.717) is 17.4 Å². The van der Waals surface area contributed by atoms with Crippen LogP contribution in [0, 0.1) is 6.92 Å². The van der Waals surface area contributed by atoms with Crippen LogP contribution in [-0.4, -0.2) is 32.8 Å². The average molecular weight is 363 g/mol. The number of tetrazole rings is 1. The zero-order chi connectivity index (χ0) is 17.9. The molecule has 0 spiro atoms. The average Bonchev–Trinajstić information content (AvgIpc) is 3.08. The molecule has 0 saturated heterocycles. The molecule has 8 heteroatoms. The molecule has 2 amide bonds. The van der Waals surface area contributed by atoms with Crippen LogP contribution in [-0.2, 0) is 5.54 Å². The second-order valence-corrected chi connectivity index (χ2v) is 6.83. The summed E-state index contributed by atoms with van der Waals surface area (Å²) in [6, 6.07) is 5.46. The minimum Gasteiger partial charge on any atom is -0.338 e. The number of aromatic nitrogens is 4. The van der Waals surface area contributed by atoms with Gasteiger partial charge in [0.1, 0.15) is 5.54 Å². The Bertz CT molecular complexity index is 753. The first-order chi connectivity index (χ1) is 12.1. The van der Waals surface area contributed by atoms with Crippen LogP contribution >= 0.6 is 11.6 Å². The third-order valence-corrected chi connectivity index (χ3v) is 5.17. The predicted molar refractivity (Wildman–Crippen MR) is 95.9 cm³/mol. The van der Waals surface area contributed by atoms with E-state index in [-0.39, 0.29) is 6.03 Å². The van der Waals surface area contributed by atoms with Crippen molar-refractivity contribution in [2.24, 2.45) is 0 Å². The third kappa shape index (κ3) is 3.46. The summed E-state index contributed by atoms with van der Waals surface area (Å²) in [5.41, 5.74) is 1.16. The second kappa shape index (κ2) is 7.39. The van der Waals surface area contributed by atoms with E-state index in [1.165, 1.54) is 0 Å². The van der Waals surface area contributed by atoms with Crippen molar-refractivity contribution in [3.8, 4) is 5.69 Å². The SMILES string of the molecule is CCNC(=O)NC1(c2nnnn2-c2cccc(Cl)c2C)CCCCC1. The largest absolute Gasteiger partial charge is 0.338 e. The number of urea groups is 1. The molecule has 0 aliphatic heterocycles. The Morgan fingerprint density at radius 2 is 2.08 bits per heavy atom. The second-order valence-electron chi connectivity index (χ2n) is 6.43. The van der Waals surface area contributed by atoms with Gasteiger partial charge in [0.2, 0.25) is 0 Å². The van der Waals surface area contributed by atoms with E-state index in [2.05, 4.69) is 26.2 Å². The summed E-state index contributed by atoms with van der Waals surface area (Å²) in [5.74, 6) is 0.656. The minimum atomic E-state index is -0.574. The van der Waals surface area contributed by atoms with Crippen molar-refractivity contribution in [1.82, 2.24) is 30.8 Å². The summed E-state index contributed by atoms with van der Waals surface area (Å²) in [4.78, 5) is 12.3. The molecule has 2 aromatic rings. The molecule has 7 nitrogen and oxygen atoms in total. The van der Waals surface area contributed by atoms with Gasteiger partial charge in [-0.25, -0.2) is 4.79 Å². The molecule has 0 unspecified atom stereocenters. The van der Waals surface area contributed by atoms with Crippen LogP contribution in [0.4, 0.5) is 4.79 Å². The van der Waals surface area contributed by atoms with Crippen LogP contribution in [0.1, 0.15) is 50.4 Å². The van der Waals surface area contributed by atoms with E-state index >= 15 is 0 Å². The predicted octanol–water partition coefficient (Wildman–Crippen LogP) is 3.10. The van der Waals surface area contributed by atoms with Crippen molar-refractivity contribution in [1.29, 1.82) is 0 Å². The Kier molecular flexibility index (Phi) is 5.22. The van der Waals surface area contributed by atoms with Gasteiger partial charge in [0.25, 0.3) is 0 Å². The van der Waals surface area contributed by atoms with Gasteiger partial charge < -0.3 is 10.6 Å². The zero-order valence-electron chi connectivity index (χ0n) is 14.5. The van der Waals surface area contributed by atoms with Crippen molar-refractivity contribution in [3.05, 3.63) is 34.6 Å². The zero-order valence-corrected chi connectivity index (χ0v) is 15.3. The number of halogens is 1. The molecule has 1 aromatic heterocycles. The molecule has 25 heavy (non-hydrogen) atoms. The van der Waals surface area contributed by atoms with Crippen molar-refractivity contribution >= 4 is 17.6 Å². The Morgan fingerprint density at radius 3 is 2.80 bits per heavy atom. The summed E-state index contributed by atoms with van der Waals surface area (Å²) in [7, 11) is 0. The normalized spacial score (nSPS) is 16.4. The Balaban J connectivity index is 2.05. The lowest BCUT2D eigenvalue weighted by molar-refractivity contribution is 0.195. The maximum atomic E-state index is 12.3. The highest BCUT2D eigenvalue weighted by Crippen LogP contribution is 2.37. The van der Waals surface area contributed by atoms with Crippen molar-refractivity contribution in [3.63, 3.8) is 0 Å². The van der Waals surface area contributed by atoms with E-state index in [1.54, 1.807) is 4.68 Å². The highest BCUT2D eigenvalue weighted by atomic mass is 35.5. The quantitative estimate of drug-likeness (QED) is 0.875. The fourth-order valence-corrected chi connectivity index (χ4v) is 3.62. The number of nitrogens with zero attached hydrogens (tertiary/aromatic N) is 4. The number of hydrogen-bond donors (Lipinski definition) is 2. The Hall–Kier alpha value is -2.15. The Labute approximate surface area is 152 Å². The fraction of sp³-hybridized carbons (Fsp3) is 0.529. The molecule has 1 aliphatic carbocycles. The molecule has 1 aromatic carbocycles. The maximum absolute atomic E-state index is 12.3. The topological polar surface area (TPSA) is 84.7 Å². The van der Waals surface area contributed by atoms with Gasteiger partial charge in [0.05, 0.1) is 5.69 Å². The molecule has 0 atom stereocenters. The number of amides is 2. The molecular formula is C17H23ClN6O. The molecule has 1 fully saturated rings. The maximum Gasteiger partial charge on any atom is 0.315 e. The molecule has 0 bridgehead atoms. The van der Waals surface area contributed by atoms with E-state index in [0.717, 1.165) is 43.4 Å². The van der Waals surface area contributed by atoms with Gasteiger partial charge in [-0.2, -0.15) is 4.68 Å². The van der Waals surface area contributed by atoms with Crippen LogP contribution in [0.2, 0.25) is 5.02 Å². The summed E-state index contributed by atoms with van der Waals surface area (Å²) in [6.45, 7) is 4.40. The minimum absolute atomic E-state index is 0.193. The van der Waals surface area contributed by atoms with E-state index in [1.807, 2.05) is 32.0 Å². The molecule has 1 aliphatic rings. The van der Waals surface area contributed by atoms with E-state index in [9.17, 15) is 4.79 Å². The van der Waals surface area contributed by atoms with Gasteiger partial charge >= 0.3 is 6.03 Å². The van der Waals surface area contributed by atoms with Gasteiger partial charge in [0.15, 0.2) is 5.82 Å². The van der Waals surface area contributed by atoms with E-state index in [4.69, 9.17) is 11.6 Å². The van der Waals surface area contributed by atoms with Crippen molar-refractivity contribution in [2.45, 2.75) is 51.5 Å². The first kappa shape index (κ1) is 17.7. The van der Waals surface area contributed by atoms with Gasteiger partial charge in [-0.1, -0.05) is 36.9 Å².